The molecule has 92 valence electrons. The summed E-state index contributed by atoms with van der Waals surface area (Å²) in [7, 11) is 0. The van der Waals surface area contributed by atoms with Crippen molar-refractivity contribution in [1.29, 1.82) is 0 Å². The first-order valence-electron chi connectivity index (χ1n) is 5.18. The van der Waals surface area contributed by atoms with Gasteiger partial charge >= 0.3 is 5.97 Å². The number of hydrogen-bond donors (Lipinski definition) is 3. The Labute approximate surface area is 94.4 Å². The molecule has 0 aliphatic carbocycles. The van der Waals surface area contributed by atoms with Gasteiger partial charge in [-0.2, -0.15) is 0 Å². The molecule has 1 unspecified atom stereocenters. The number of nitrogens with one attached hydrogen (secondary N) is 2. The highest BCUT2D eigenvalue weighted by molar-refractivity contribution is 5.83. The van der Waals surface area contributed by atoms with Crippen molar-refractivity contribution in [3.8, 4) is 0 Å². The van der Waals surface area contributed by atoms with Crippen molar-refractivity contribution in [2.75, 3.05) is 13.1 Å². The standard InChI is InChI=1S/C10H18N2O4/c1-3-8(4-10(15)16)5-12-9(14)6-11-7(2)13/h8H,3-6H2,1-2H3,(H,11,13)(H,12,14)(H,15,16). The average Bonchev–Trinajstić information content (AvgIpc) is 2.20. The Morgan fingerprint density at radius 3 is 2.31 bits per heavy atom. The maximum atomic E-state index is 11.2. The lowest BCUT2D eigenvalue weighted by Gasteiger charge is -2.13. The Kier molecular flexibility index (Phi) is 6.91. The van der Waals surface area contributed by atoms with Crippen LogP contribution >= 0.6 is 0 Å². The molecule has 1 atom stereocenters. The Morgan fingerprint density at radius 1 is 1.25 bits per heavy atom. The van der Waals surface area contributed by atoms with Crippen molar-refractivity contribution in [2.45, 2.75) is 26.7 Å². The third-order valence-corrected chi connectivity index (χ3v) is 2.13. The van der Waals surface area contributed by atoms with Crippen molar-refractivity contribution in [1.82, 2.24) is 10.6 Å². The van der Waals surface area contributed by atoms with Gasteiger partial charge < -0.3 is 15.7 Å². The molecule has 0 bridgehead atoms. The van der Waals surface area contributed by atoms with E-state index in [1.807, 2.05) is 6.92 Å². The molecule has 0 fully saturated rings. The van der Waals surface area contributed by atoms with E-state index >= 15 is 0 Å². The van der Waals surface area contributed by atoms with Crippen LogP contribution in [0.3, 0.4) is 0 Å². The van der Waals surface area contributed by atoms with Crippen molar-refractivity contribution >= 4 is 17.8 Å². The Balaban J connectivity index is 3.79. The molecule has 2 amide bonds. The van der Waals surface area contributed by atoms with E-state index in [1.165, 1.54) is 6.92 Å². The molecule has 0 aromatic rings. The van der Waals surface area contributed by atoms with Crippen molar-refractivity contribution in [3.05, 3.63) is 0 Å². The number of hydrogen-bond acceptors (Lipinski definition) is 3. The van der Waals surface area contributed by atoms with Gasteiger partial charge in [0, 0.05) is 19.9 Å². The molecule has 0 saturated heterocycles. The van der Waals surface area contributed by atoms with Gasteiger partial charge in [-0.15, -0.1) is 0 Å². The number of carbonyl (C=O) groups excluding carboxylic acids is 2. The summed E-state index contributed by atoms with van der Waals surface area (Å²) in [4.78, 5) is 32.2. The molecule has 6 heteroatoms. The van der Waals surface area contributed by atoms with Gasteiger partial charge in [0.1, 0.15) is 0 Å². The van der Waals surface area contributed by atoms with E-state index in [4.69, 9.17) is 5.11 Å². The molecule has 6 nitrogen and oxygen atoms in total. The molecule has 3 N–H and O–H groups in total. The zero-order valence-corrected chi connectivity index (χ0v) is 9.58. The van der Waals surface area contributed by atoms with E-state index in [9.17, 15) is 14.4 Å². The fraction of sp³-hybridized carbons (Fsp3) is 0.700. The van der Waals surface area contributed by atoms with Gasteiger partial charge in [-0.3, -0.25) is 14.4 Å². The molecular formula is C10H18N2O4. The van der Waals surface area contributed by atoms with Crippen molar-refractivity contribution < 1.29 is 19.5 Å². The largest absolute Gasteiger partial charge is 0.481 e. The quantitative estimate of drug-likeness (QED) is 0.561. The number of carbonyl (C=O) groups is 3. The summed E-state index contributed by atoms with van der Waals surface area (Å²) in [6.07, 6.45) is 0.726. The maximum absolute atomic E-state index is 11.2. The summed E-state index contributed by atoms with van der Waals surface area (Å²) in [6, 6.07) is 0. The molecule has 0 rings (SSSR count). The first-order valence-corrected chi connectivity index (χ1v) is 5.18. The summed E-state index contributed by atoms with van der Waals surface area (Å²) in [5.41, 5.74) is 0. The number of carboxylic acids is 1. The van der Waals surface area contributed by atoms with Crippen LogP contribution in [0.1, 0.15) is 26.7 Å². The summed E-state index contributed by atoms with van der Waals surface area (Å²) in [5, 5.41) is 13.5. The predicted octanol–water partition coefficient (Wildman–Crippen LogP) is -0.260. The van der Waals surface area contributed by atoms with Crippen LogP contribution in [-0.4, -0.2) is 36.0 Å². The second-order valence-corrected chi connectivity index (χ2v) is 3.59. The number of rotatable bonds is 7. The van der Waals surface area contributed by atoms with Crippen LogP contribution in [0.5, 0.6) is 0 Å². The zero-order chi connectivity index (χ0) is 12.6. The normalized spacial score (nSPS) is 11.6. The van der Waals surface area contributed by atoms with Gasteiger partial charge in [0.2, 0.25) is 11.8 Å². The fourth-order valence-corrected chi connectivity index (χ4v) is 1.13. The average molecular weight is 230 g/mol. The number of aliphatic carboxylic acids is 1. The monoisotopic (exact) mass is 230 g/mol. The van der Waals surface area contributed by atoms with Gasteiger partial charge in [0.15, 0.2) is 0 Å². The van der Waals surface area contributed by atoms with Crippen molar-refractivity contribution in [3.63, 3.8) is 0 Å². The van der Waals surface area contributed by atoms with E-state index in [1.54, 1.807) is 0 Å². The third kappa shape index (κ3) is 7.78. The van der Waals surface area contributed by atoms with Gasteiger partial charge in [-0.25, -0.2) is 0 Å². The lowest BCUT2D eigenvalue weighted by molar-refractivity contribution is -0.138. The molecule has 0 aromatic carbocycles. The van der Waals surface area contributed by atoms with E-state index in [0.29, 0.717) is 13.0 Å². The topological polar surface area (TPSA) is 95.5 Å². The third-order valence-electron chi connectivity index (χ3n) is 2.13. The zero-order valence-electron chi connectivity index (χ0n) is 9.58. The molecule has 0 saturated carbocycles. The molecule has 0 aliphatic heterocycles. The van der Waals surface area contributed by atoms with Gasteiger partial charge in [-0.05, 0) is 5.92 Å². The number of carboxylic acid groups (broad SMARTS) is 1. The molecule has 0 aromatic heterocycles. The van der Waals surface area contributed by atoms with Gasteiger partial charge in [-0.1, -0.05) is 13.3 Å². The molecule has 16 heavy (non-hydrogen) atoms. The maximum Gasteiger partial charge on any atom is 0.303 e. The van der Waals surface area contributed by atoms with E-state index in [2.05, 4.69) is 10.6 Å². The fourth-order valence-electron chi connectivity index (χ4n) is 1.13. The summed E-state index contributed by atoms with van der Waals surface area (Å²) in [5.74, 6) is -1.52. The number of amides is 2. The van der Waals surface area contributed by atoms with E-state index in [-0.39, 0.29) is 30.7 Å². The Morgan fingerprint density at radius 2 is 1.88 bits per heavy atom. The highest BCUT2D eigenvalue weighted by atomic mass is 16.4. The second kappa shape index (κ2) is 7.67. The molecular weight excluding hydrogens is 212 g/mol. The molecule has 0 radical (unpaired) electrons. The van der Waals surface area contributed by atoms with Gasteiger partial charge in [0.05, 0.1) is 6.54 Å². The van der Waals surface area contributed by atoms with Crippen LogP contribution in [0.25, 0.3) is 0 Å². The van der Waals surface area contributed by atoms with Crippen LogP contribution in [0.2, 0.25) is 0 Å². The second-order valence-electron chi connectivity index (χ2n) is 3.59. The predicted molar refractivity (Wildman–Crippen MR) is 57.7 cm³/mol. The minimum Gasteiger partial charge on any atom is -0.481 e. The summed E-state index contributed by atoms with van der Waals surface area (Å²) >= 11 is 0. The first kappa shape index (κ1) is 14.4. The summed E-state index contributed by atoms with van der Waals surface area (Å²) < 4.78 is 0. The molecule has 0 spiro atoms. The smallest absolute Gasteiger partial charge is 0.303 e. The first-order chi connectivity index (χ1) is 7.45. The SMILES string of the molecule is CCC(CNC(=O)CNC(C)=O)CC(=O)O. The van der Waals surface area contributed by atoms with Crippen LogP contribution < -0.4 is 10.6 Å². The lowest BCUT2D eigenvalue weighted by atomic mass is 10.0. The molecule has 0 aliphatic rings. The van der Waals surface area contributed by atoms with Crippen LogP contribution in [0.15, 0.2) is 0 Å². The van der Waals surface area contributed by atoms with E-state index in [0.717, 1.165) is 0 Å². The Hall–Kier alpha value is -1.59. The van der Waals surface area contributed by atoms with E-state index < -0.39 is 5.97 Å². The molecule has 0 heterocycles. The highest BCUT2D eigenvalue weighted by Crippen LogP contribution is 2.06. The van der Waals surface area contributed by atoms with Crippen LogP contribution in [-0.2, 0) is 14.4 Å². The van der Waals surface area contributed by atoms with Crippen LogP contribution in [0, 0.1) is 5.92 Å². The Bertz CT molecular complexity index is 266. The summed E-state index contributed by atoms with van der Waals surface area (Å²) in [6.45, 7) is 3.44. The lowest BCUT2D eigenvalue weighted by Crippen LogP contribution is -2.38. The minimum absolute atomic E-state index is 0.0386. The highest BCUT2D eigenvalue weighted by Gasteiger charge is 2.12. The van der Waals surface area contributed by atoms with Crippen LogP contribution in [0.4, 0.5) is 0 Å². The van der Waals surface area contributed by atoms with Gasteiger partial charge in [0.25, 0.3) is 0 Å². The van der Waals surface area contributed by atoms with Crippen molar-refractivity contribution in [2.24, 2.45) is 5.92 Å². The minimum atomic E-state index is -0.872.